The van der Waals surface area contributed by atoms with Gasteiger partial charge in [-0.15, -0.1) is 0 Å². The maximum absolute atomic E-state index is 10.1. The van der Waals surface area contributed by atoms with E-state index < -0.39 is 5.97 Å². The quantitative estimate of drug-likeness (QED) is 0.322. The second-order valence-corrected chi connectivity index (χ2v) is 10.8. The van der Waals surface area contributed by atoms with Crippen molar-refractivity contribution in [3.8, 4) is 0 Å². The first-order valence-corrected chi connectivity index (χ1v) is 13.5. The van der Waals surface area contributed by atoms with Gasteiger partial charge in [0.2, 0.25) is 0 Å². The molecule has 1 unspecified atom stereocenters. The van der Waals surface area contributed by atoms with Gasteiger partial charge in [-0.05, 0) is 94.7 Å². The zero-order valence-electron chi connectivity index (χ0n) is 21.1. The highest BCUT2D eigenvalue weighted by Crippen LogP contribution is 2.44. The van der Waals surface area contributed by atoms with Crippen molar-refractivity contribution in [2.24, 2.45) is 5.92 Å². The van der Waals surface area contributed by atoms with Crippen molar-refractivity contribution < 1.29 is 15.3 Å². The second kappa shape index (κ2) is 9.90. The van der Waals surface area contributed by atoms with Crippen LogP contribution in [0.25, 0.3) is 17.2 Å². The molecule has 3 aliphatic rings. The van der Waals surface area contributed by atoms with Crippen molar-refractivity contribution >= 4 is 17.2 Å². The average molecular weight is 491 g/mol. The zero-order chi connectivity index (χ0) is 25.4. The van der Waals surface area contributed by atoms with Gasteiger partial charge in [-0.25, -0.2) is 0 Å². The van der Waals surface area contributed by atoms with Crippen LogP contribution in [0.3, 0.4) is 0 Å². The highest BCUT2D eigenvalue weighted by molar-refractivity contribution is 5.90. The topological polar surface area (TPSA) is 60.7 Å². The summed E-state index contributed by atoms with van der Waals surface area (Å²) in [5, 5.41) is 30.4. The lowest BCUT2D eigenvalue weighted by atomic mass is 9.86. The first-order chi connectivity index (χ1) is 18.0. The molecule has 0 aliphatic heterocycles. The smallest absolute Gasteiger partial charge is 0.304 e. The van der Waals surface area contributed by atoms with Crippen molar-refractivity contribution in [3.63, 3.8) is 0 Å². The molecule has 3 heteroatoms. The van der Waals surface area contributed by atoms with Gasteiger partial charge >= 0.3 is 5.97 Å². The molecule has 0 radical (unpaired) electrons. The minimum absolute atomic E-state index is 0.143. The number of aryl methyl sites for hydroxylation is 2. The normalized spacial score (nSPS) is 19.3. The van der Waals surface area contributed by atoms with Gasteiger partial charge in [0, 0.05) is 11.5 Å². The predicted octanol–water partition coefficient (Wildman–Crippen LogP) is 6.73. The molecule has 0 aromatic heterocycles. The average Bonchev–Trinajstić information content (AvgIpc) is 3.68. The molecule has 3 aliphatic carbocycles. The summed E-state index contributed by atoms with van der Waals surface area (Å²) in [6.07, 6.45) is 16.7. The summed E-state index contributed by atoms with van der Waals surface area (Å²) >= 11 is 0. The van der Waals surface area contributed by atoms with E-state index in [4.69, 9.17) is 0 Å². The Hall–Kier alpha value is -3.24. The Morgan fingerprint density at radius 1 is 0.811 bits per heavy atom. The molecule has 3 nitrogen and oxygen atoms in total. The molecule has 1 atom stereocenters. The van der Waals surface area contributed by atoms with Crippen LogP contribution >= 0.6 is 0 Å². The molecule has 3 aromatic rings. The molecular formula is C34H34O3. The van der Waals surface area contributed by atoms with Crippen molar-refractivity contribution in [1.29, 1.82) is 0 Å². The number of aliphatic hydroxyl groups is 3. The molecular weight excluding hydrogens is 456 g/mol. The first-order valence-electron chi connectivity index (χ1n) is 13.5. The molecule has 0 heterocycles. The van der Waals surface area contributed by atoms with E-state index in [1.807, 2.05) is 30.3 Å². The molecule has 0 saturated heterocycles. The molecule has 6 rings (SSSR count). The highest BCUT2D eigenvalue weighted by atomic mass is 16.7. The number of allylic oxidation sites excluding steroid dienone is 5. The van der Waals surface area contributed by atoms with E-state index in [0.29, 0.717) is 12.3 Å². The van der Waals surface area contributed by atoms with E-state index >= 15 is 0 Å². The number of rotatable bonds is 7. The lowest BCUT2D eigenvalue weighted by Crippen LogP contribution is -2.26. The van der Waals surface area contributed by atoms with Crippen LogP contribution in [0.1, 0.15) is 77.0 Å². The third-order valence-corrected chi connectivity index (χ3v) is 8.41. The van der Waals surface area contributed by atoms with E-state index in [9.17, 15) is 15.3 Å². The summed E-state index contributed by atoms with van der Waals surface area (Å²) in [6, 6.07) is 22.6. The van der Waals surface area contributed by atoms with E-state index in [1.165, 1.54) is 53.5 Å². The molecule has 188 valence electrons. The van der Waals surface area contributed by atoms with Gasteiger partial charge in [-0.3, -0.25) is 0 Å². The van der Waals surface area contributed by atoms with Gasteiger partial charge in [0.05, 0.1) is 0 Å². The fourth-order valence-corrected chi connectivity index (χ4v) is 6.40. The van der Waals surface area contributed by atoms with Gasteiger partial charge in [0.1, 0.15) is 0 Å². The van der Waals surface area contributed by atoms with Crippen LogP contribution in [-0.4, -0.2) is 15.3 Å². The summed E-state index contributed by atoms with van der Waals surface area (Å²) < 4.78 is 0. The van der Waals surface area contributed by atoms with Crippen molar-refractivity contribution in [2.45, 2.75) is 56.8 Å². The van der Waals surface area contributed by atoms with Crippen LogP contribution in [-0.2, 0) is 18.8 Å². The van der Waals surface area contributed by atoms with E-state index in [1.54, 1.807) is 6.07 Å². The Labute approximate surface area is 219 Å². The lowest BCUT2D eigenvalue weighted by molar-refractivity contribution is -0.324. The Balaban J connectivity index is 1.22. The van der Waals surface area contributed by atoms with Crippen LogP contribution in [0.4, 0.5) is 0 Å². The summed E-state index contributed by atoms with van der Waals surface area (Å²) in [5.74, 6) is -1.51. The van der Waals surface area contributed by atoms with Crippen LogP contribution in [0.15, 0.2) is 85.0 Å². The Morgan fingerprint density at radius 2 is 1.59 bits per heavy atom. The van der Waals surface area contributed by atoms with Gasteiger partial charge in [0.25, 0.3) is 0 Å². The molecule has 1 saturated carbocycles. The summed E-state index contributed by atoms with van der Waals surface area (Å²) in [7, 11) is 0. The molecule has 0 amide bonds. The van der Waals surface area contributed by atoms with Crippen LogP contribution in [0, 0.1) is 5.92 Å². The minimum atomic E-state index is -2.88. The third-order valence-electron chi connectivity index (χ3n) is 8.41. The van der Waals surface area contributed by atoms with Crippen LogP contribution in [0.5, 0.6) is 0 Å². The summed E-state index contributed by atoms with van der Waals surface area (Å²) in [5.41, 5.74) is 9.27. The van der Waals surface area contributed by atoms with Crippen LogP contribution < -0.4 is 0 Å². The number of fused-ring (bicyclic) bond motifs is 1. The fourth-order valence-electron chi connectivity index (χ4n) is 6.40. The number of benzene rings is 3. The maximum atomic E-state index is 10.1. The minimum Gasteiger partial charge on any atom is -0.340 e. The van der Waals surface area contributed by atoms with Gasteiger partial charge < -0.3 is 15.3 Å². The molecule has 3 aromatic carbocycles. The first kappa shape index (κ1) is 24.1. The molecule has 0 spiro atoms. The zero-order valence-corrected chi connectivity index (χ0v) is 21.1. The summed E-state index contributed by atoms with van der Waals surface area (Å²) in [4.78, 5) is 0. The van der Waals surface area contributed by atoms with Gasteiger partial charge in [0.15, 0.2) is 0 Å². The molecule has 0 bridgehead atoms. The third kappa shape index (κ3) is 5.00. The standard InChI is InChI=1S/C34H34O3/c35-34(36,37)33-22-29(13-12-25(33)11-10-23-6-2-1-3-7-23)27-15-14-26(20-27)28-16-18-32-30(21-28)17-19-31(32)24-8-4-5-9-24/h1-3,6-7,12-13,15-22,24,31,35-37H,4-5,8-11,14H2. The highest BCUT2D eigenvalue weighted by Gasteiger charge is 2.29. The lowest BCUT2D eigenvalue weighted by Gasteiger charge is -2.20. The van der Waals surface area contributed by atoms with Crippen molar-refractivity contribution in [3.05, 3.63) is 124 Å². The fraction of sp³-hybridized carbons (Fsp3) is 0.294. The maximum Gasteiger partial charge on any atom is 0.304 e. The van der Waals surface area contributed by atoms with Gasteiger partial charge in [-0.2, -0.15) is 0 Å². The molecule has 37 heavy (non-hydrogen) atoms. The second-order valence-electron chi connectivity index (χ2n) is 10.8. The largest absolute Gasteiger partial charge is 0.340 e. The molecule has 1 fully saturated rings. The van der Waals surface area contributed by atoms with Crippen molar-refractivity contribution in [1.82, 2.24) is 0 Å². The van der Waals surface area contributed by atoms with Gasteiger partial charge in [-0.1, -0.05) is 91.7 Å². The van der Waals surface area contributed by atoms with E-state index in [-0.39, 0.29) is 5.56 Å². The Morgan fingerprint density at radius 3 is 2.38 bits per heavy atom. The SMILES string of the molecule is OC(O)(O)c1cc(C2=CCC(c3ccc4c(c3)C=CC4C3CCCC3)=C2)ccc1CCc1ccccc1. The number of hydrogen-bond acceptors (Lipinski definition) is 3. The Bertz CT molecular complexity index is 1380. The van der Waals surface area contributed by atoms with Crippen LogP contribution in [0.2, 0.25) is 0 Å². The Kier molecular flexibility index (Phi) is 6.46. The van der Waals surface area contributed by atoms with E-state index in [0.717, 1.165) is 35.5 Å². The monoisotopic (exact) mass is 490 g/mol. The predicted molar refractivity (Wildman–Crippen MR) is 149 cm³/mol. The van der Waals surface area contributed by atoms with E-state index in [2.05, 4.69) is 54.6 Å². The summed E-state index contributed by atoms with van der Waals surface area (Å²) in [6.45, 7) is 0. The number of hydrogen-bond donors (Lipinski definition) is 3. The molecule has 3 N–H and O–H groups in total. The van der Waals surface area contributed by atoms with Crippen molar-refractivity contribution in [2.75, 3.05) is 0 Å².